The first-order chi connectivity index (χ1) is 5.76. The molecule has 0 radical (unpaired) electrons. The first-order valence-corrected chi connectivity index (χ1v) is 3.80. The topological polar surface area (TPSA) is 26.3 Å². The Labute approximate surface area is 77.2 Å². The van der Waals surface area contributed by atoms with E-state index in [0.29, 0.717) is 12.0 Å². The summed E-state index contributed by atoms with van der Waals surface area (Å²) in [6, 6.07) is 0. The highest BCUT2D eigenvalue weighted by Gasteiger charge is 2.07. The molecule has 0 bridgehead atoms. The van der Waals surface area contributed by atoms with Crippen molar-refractivity contribution in [2.24, 2.45) is 0 Å². The normalized spacial score (nSPS) is 8.00. The zero-order valence-electron chi connectivity index (χ0n) is 6.71. The van der Waals surface area contributed by atoms with Crippen molar-refractivity contribution in [3.8, 4) is 0 Å². The van der Waals surface area contributed by atoms with Crippen LogP contribution in [0, 0.1) is 0 Å². The summed E-state index contributed by atoms with van der Waals surface area (Å²) >= 11 is 4.50. The van der Waals surface area contributed by atoms with Crippen molar-refractivity contribution in [2.45, 2.75) is 6.42 Å². The number of allylic oxidation sites excluding steroid dienone is 1. The van der Waals surface area contributed by atoms with Gasteiger partial charge in [0.2, 0.25) is 0 Å². The molecule has 64 valence electrons. The fourth-order valence-corrected chi connectivity index (χ4v) is 0.699. The van der Waals surface area contributed by atoms with E-state index < -0.39 is 5.97 Å². The molecule has 0 fully saturated rings. The van der Waals surface area contributed by atoms with Gasteiger partial charge in [0, 0.05) is 6.42 Å². The Bertz CT molecular complexity index is 237. The van der Waals surface area contributed by atoms with Crippen LogP contribution in [0.4, 0.5) is 0 Å². The number of esters is 1. The third-order valence-electron chi connectivity index (χ3n) is 1.05. The number of hydrogen-bond acceptors (Lipinski definition) is 3. The summed E-state index contributed by atoms with van der Waals surface area (Å²) in [4.78, 5) is 11.0. The molecule has 0 aliphatic rings. The van der Waals surface area contributed by atoms with Crippen LogP contribution in [-0.4, -0.2) is 17.6 Å². The van der Waals surface area contributed by atoms with Crippen molar-refractivity contribution in [3.63, 3.8) is 0 Å². The largest absolute Gasteiger partial charge is 0.458 e. The highest BCUT2D eigenvalue weighted by Crippen LogP contribution is 2.00. The summed E-state index contributed by atoms with van der Waals surface area (Å²) < 4.78 is 4.73. The molecule has 0 spiro atoms. The summed E-state index contributed by atoms with van der Waals surface area (Å²) in [6.45, 7) is 7.08. The van der Waals surface area contributed by atoms with E-state index in [4.69, 9.17) is 4.74 Å². The van der Waals surface area contributed by atoms with Crippen LogP contribution in [0.5, 0.6) is 0 Å². The average molecular weight is 182 g/mol. The molecule has 12 heavy (non-hydrogen) atoms. The Morgan fingerprint density at radius 2 is 2.17 bits per heavy atom. The molecule has 0 amide bonds. The van der Waals surface area contributed by atoms with Crippen molar-refractivity contribution in [1.82, 2.24) is 0 Å². The molecule has 0 aromatic rings. The maximum atomic E-state index is 11.0. The molecule has 0 unspecified atom stereocenters. The van der Waals surface area contributed by atoms with Gasteiger partial charge in [0.25, 0.3) is 0 Å². The van der Waals surface area contributed by atoms with Gasteiger partial charge in [0.1, 0.15) is 6.61 Å². The minimum absolute atomic E-state index is 0.191. The first-order valence-electron chi connectivity index (χ1n) is 3.39. The Morgan fingerprint density at radius 1 is 1.50 bits per heavy atom. The van der Waals surface area contributed by atoms with Gasteiger partial charge in [-0.3, -0.25) is 0 Å². The molecule has 0 atom stereocenters. The van der Waals surface area contributed by atoms with E-state index in [9.17, 15) is 4.79 Å². The molecular formula is C9H10O2S. The lowest BCUT2D eigenvalue weighted by Gasteiger charge is -2.00. The Balaban J connectivity index is 4.13. The van der Waals surface area contributed by atoms with E-state index in [0.717, 1.165) is 0 Å². The molecular weight excluding hydrogens is 172 g/mol. The van der Waals surface area contributed by atoms with Crippen LogP contribution in [0.1, 0.15) is 6.42 Å². The van der Waals surface area contributed by atoms with Crippen molar-refractivity contribution in [1.29, 1.82) is 0 Å². The van der Waals surface area contributed by atoms with Crippen LogP contribution < -0.4 is 0 Å². The van der Waals surface area contributed by atoms with Gasteiger partial charge in [0.05, 0.1) is 5.57 Å². The molecule has 0 aromatic carbocycles. The lowest BCUT2D eigenvalue weighted by atomic mass is 10.2. The minimum atomic E-state index is -0.454. The predicted molar refractivity (Wildman–Crippen MR) is 52.1 cm³/mol. The number of thiocarbonyl (C=S) groups is 1. The summed E-state index contributed by atoms with van der Waals surface area (Å²) in [6.07, 6.45) is 3.45. The van der Waals surface area contributed by atoms with Crippen LogP contribution in [0.3, 0.4) is 0 Å². The van der Waals surface area contributed by atoms with Crippen LogP contribution >= 0.6 is 12.2 Å². The molecule has 0 heterocycles. The maximum absolute atomic E-state index is 11.0. The fraction of sp³-hybridized carbons (Fsp3) is 0.222. The lowest BCUT2D eigenvalue weighted by Crippen LogP contribution is -2.07. The van der Waals surface area contributed by atoms with E-state index >= 15 is 0 Å². The highest BCUT2D eigenvalue weighted by atomic mass is 32.1. The molecule has 2 nitrogen and oxygen atoms in total. The summed E-state index contributed by atoms with van der Waals surface area (Å²) in [5.74, 6) is -0.454. The third-order valence-corrected chi connectivity index (χ3v) is 1.30. The van der Waals surface area contributed by atoms with Crippen LogP contribution in [0.2, 0.25) is 0 Å². The SMILES string of the molecule is C=CCOC(=O)C(=C=S)CC=C. The minimum Gasteiger partial charge on any atom is -0.458 e. The summed E-state index contributed by atoms with van der Waals surface area (Å²) in [5, 5.41) is 2.33. The van der Waals surface area contributed by atoms with Crippen molar-refractivity contribution >= 4 is 23.2 Å². The van der Waals surface area contributed by atoms with Crippen LogP contribution in [-0.2, 0) is 9.53 Å². The van der Waals surface area contributed by atoms with Crippen LogP contribution in [0.15, 0.2) is 30.9 Å². The molecule has 0 aliphatic heterocycles. The second-order valence-electron chi connectivity index (χ2n) is 1.96. The van der Waals surface area contributed by atoms with Gasteiger partial charge in [-0.15, -0.1) is 6.58 Å². The second kappa shape index (κ2) is 6.53. The van der Waals surface area contributed by atoms with Gasteiger partial charge in [-0.2, -0.15) is 0 Å². The zero-order valence-corrected chi connectivity index (χ0v) is 7.52. The number of hydrogen-bond donors (Lipinski definition) is 0. The second-order valence-corrected chi connectivity index (χ2v) is 2.16. The third kappa shape index (κ3) is 3.86. The Kier molecular flexibility index (Phi) is 5.88. The molecule has 0 aromatic heterocycles. The van der Waals surface area contributed by atoms with Crippen molar-refractivity contribution in [3.05, 3.63) is 30.9 Å². The Hall–Kier alpha value is -1.18. The number of ether oxygens (including phenoxy) is 1. The molecule has 0 rings (SSSR count). The van der Waals surface area contributed by atoms with Gasteiger partial charge < -0.3 is 4.74 Å². The highest BCUT2D eigenvalue weighted by molar-refractivity contribution is 7.78. The van der Waals surface area contributed by atoms with Crippen molar-refractivity contribution in [2.75, 3.05) is 6.61 Å². The quantitative estimate of drug-likeness (QED) is 0.281. The lowest BCUT2D eigenvalue weighted by molar-refractivity contribution is -0.137. The summed E-state index contributed by atoms with van der Waals surface area (Å²) in [7, 11) is 0. The first kappa shape index (κ1) is 10.8. The molecule has 0 N–H and O–H groups in total. The molecule has 0 saturated heterocycles. The maximum Gasteiger partial charge on any atom is 0.343 e. The van der Waals surface area contributed by atoms with Crippen molar-refractivity contribution < 1.29 is 9.53 Å². The standard InChI is InChI=1S/C9H10O2S/c1-3-5-8(7-12)9(10)11-6-4-2/h3-4H,1-2,5-6H2. The molecule has 0 saturated carbocycles. The number of carbonyl (C=O) groups excluding carboxylic acids is 1. The summed E-state index contributed by atoms with van der Waals surface area (Å²) in [5.41, 5.74) is 0.321. The predicted octanol–water partition coefficient (Wildman–Crippen LogP) is 1.82. The fourth-order valence-electron chi connectivity index (χ4n) is 0.533. The van der Waals surface area contributed by atoms with Crippen LogP contribution in [0.25, 0.3) is 0 Å². The van der Waals surface area contributed by atoms with E-state index in [-0.39, 0.29) is 6.61 Å². The van der Waals surface area contributed by atoms with E-state index in [1.807, 2.05) is 0 Å². The zero-order chi connectivity index (χ0) is 9.40. The van der Waals surface area contributed by atoms with E-state index in [2.05, 4.69) is 30.4 Å². The molecule has 3 heteroatoms. The van der Waals surface area contributed by atoms with E-state index in [1.165, 1.54) is 6.08 Å². The average Bonchev–Trinajstić information content (AvgIpc) is 2.10. The van der Waals surface area contributed by atoms with Gasteiger partial charge in [-0.05, 0) is 17.2 Å². The monoisotopic (exact) mass is 182 g/mol. The number of carbonyl (C=O) groups is 1. The number of rotatable bonds is 5. The van der Waals surface area contributed by atoms with Gasteiger partial charge >= 0.3 is 5.97 Å². The molecule has 0 aliphatic carbocycles. The van der Waals surface area contributed by atoms with Gasteiger partial charge in [-0.25, -0.2) is 4.79 Å². The Morgan fingerprint density at radius 3 is 2.58 bits per heavy atom. The van der Waals surface area contributed by atoms with E-state index in [1.54, 1.807) is 6.08 Å². The van der Waals surface area contributed by atoms with Gasteiger partial charge in [-0.1, -0.05) is 18.7 Å². The van der Waals surface area contributed by atoms with Gasteiger partial charge in [0.15, 0.2) is 0 Å². The smallest absolute Gasteiger partial charge is 0.343 e.